The molecule has 2 heterocycles. The summed E-state index contributed by atoms with van der Waals surface area (Å²) in [6, 6.07) is 3.18. The first-order valence-corrected chi connectivity index (χ1v) is 6.88. The van der Waals surface area contributed by atoms with Crippen LogP contribution in [0.5, 0.6) is 5.88 Å². The van der Waals surface area contributed by atoms with Gasteiger partial charge in [0.2, 0.25) is 11.8 Å². The van der Waals surface area contributed by atoms with Gasteiger partial charge < -0.3 is 20.5 Å². The van der Waals surface area contributed by atoms with Gasteiger partial charge in [-0.1, -0.05) is 0 Å². The largest absolute Gasteiger partial charge is 0.474 e. The predicted octanol–water partition coefficient (Wildman–Crippen LogP) is 0.603. The van der Waals surface area contributed by atoms with Crippen molar-refractivity contribution in [2.75, 3.05) is 13.2 Å². The van der Waals surface area contributed by atoms with E-state index in [1.54, 1.807) is 13.1 Å². The average Bonchev–Trinajstić information content (AvgIpc) is 2.46. The Kier molecular flexibility index (Phi) is 5.31. The lowest BCUT2D eigenvalue weighted by Gasteiger charge is -2.22. The van der Waals surface area contributed by atoms with Gasteiger partial charge in [-0.25, -0.2) is 4.98 Å². The molecule has 0 aromatic carbocycles. The lowest BCUT2D eigenvalue weighted by molar-refractivity contribution is -0.122. The second-order valence-electron chi connectivity index (χ2n) is 4.94. The number of carbonyl (C=O) groups excluding carboxylic acids is 1. The van der Waals surface area contributed by atoms with E-state index in [4.69, 9.17) is 15.2 Å². The molecule has 1 aliphatic heterocycles. The molecule has 1 aromatic rings. The zero-order valence-electron chi connectivity index (χ0n) is 11.7. The molecule has 0 radical (unpaired) electrons. The van der Waals surface area contributed by atoms with Gasteiger partial charge in [-0.15, -0.1) is 0 Å². The lowest BCUT2D eigenvalue weighted by Crippen LogP contribution is -2.37. The lowest BCUT2D eigenvalue weighted by atomic mass is 10.1. The monoisotopic (exact) mass is 279 g/mol. The SMILES string of the molecule is CC(N)C(=O)NCc1ccnc(OC2CCOCC2)c1. The Morgan fingerprint density at radius 3 is 3.05 bits per heavy atom. The standard InChI is InChI=1S/C14H21N3O3/c1-10(15)14(18)17-9-11-2-5-16-13(8-11)20-12-3-6-19-7-4-12/h2,5,8,10,12H,3-4,6-7,9,15H2,1H3,(H,17,18). The van der Waals surface area contributed by atoms with Crippen molar-refractivity contribution in [3.8, 4) is 5.88 Å². The van der Waals surface area contributed by atoms with Crippen molar-refractivity contribution in [1.29, 1.82) is 0 Å². The summed E-state index contributed by atoms with van der Waals surface area (Å²) in [6.45, 7) is 3.54. The summed E-state index contributed by atoms with van der Waals surface area (Å²) < 4.78 is 11.1. The fourth-order valence-electron chi connectivity index (χ4n) is 1.94. The maximum Gasteiger partial charge on any atom is 0.236 e. The molecule has 6 heteroatoms. The number of carbonyl (C=O) groups is 1. The van der Waals surface area contributed by atoms with Crippen LogP contribution in [-0.4, -0.2) is 36.3 Å². The summed E-state index contributed by atoms with van der Waals surface area (Å²) in [6.07, 6.45) is 3.60. The average molecular weight is 279 g/mol. The molecule has 0 aliphatic carbocycles. The van der Waals surface area contributed by atoms with Gasteiger partial charge in [-0.2, -0.15) is 0 Å². The van der Waals surface area contributed by atoms with Crippen LogP contribution < -0.4 is 15.8 Å². The van der Waals surface area contributed by atoms with Crippen LogP contribution in [-0.2, 0) is 16.1 Å². The van der Waals surface area contributed by atoms with Gasteiger partial charge in [0.15, 0.2) is 0 Å². The maximum absolute atomic E-state index is 11.4. The Balaban J connectivity index is 1.88. The highest BCUT2D eigenvalue weighted by molar-refractivity contribution is 5.80. The molecular weight excluding hydrogens is 258 g/mol. The molecule has 110 valence electrons. The molecule has 1 saturated heterocycles. The van der Waals surface area contributed by atoms with E-state index in [2.05, 4.69) is 10.3 Å². The van der Waals surface area contributed by atoms with E-state index in [0.717, 1.165) is 31.6 Å². The van der Waals surface area contributed by atoms with Crippen LogP contribution in [0.3, 0.4) is 0 Å². The van der Waals surface area contributed by atoms with Gasteiger partial charge in [-0.05, 0) is 18.6 Å². The minimum atomic E-state index is -0.505. The normalized spacial score (nSPS) is 17.5. The number of hydrogen-bond acceptors (Lipinski definition) is 5. The highest BCUT2D eigenvalue weighted by atomic mass is 16.5. The molecule has 1 unspecified atom stereocenters. The summed E-state index contributed by atoms with van der Waals surface area (Å²) >= 11 is 0. The molecule has 1 aliphatic rings. The number of hydrogen-bond donors (Lipinski definition) is 2. The van der Waals surface area contributed by atoms with Gasteiger partial charge in [0.1, 0.15) is 6.10 Å². The van der Waals surface area contributed by atoms with Gasteiger partial charge in [-0.3, -0.25) is 4.79 Å². The van der Waals surface area contributed by atoms with E-state index in [9.17, 15) is 4.79 Å². The Morgan fingerprint density at radius 1 is 1.60 bits per heavy atom. The zero-order chi connectivity index (χ0) is 14.4. The minimum absolute atomic E-state index is 0.158. The fourth-order valence-corrected chi connectivity index (χ4v) is 1.94. The van der Waals surface area contributed by atoms with Crippen LogP contribution in [0.1, 0.15) is 25.3 Å². The summed E-state index contributed by atoms with van der Waals surface area (Å²) in [5, 5.41) is 2.76. The van der Waals surface area contributed by atoms with Crippen molar-refractivity contribution in [2.45, 2.75) is 38.5 Å². The van der Waals surface area contributed by atoms with Gasteiger partial charge in [0.05, 0.1) is 19.3 Å². The number of nitrogens with two attached hydrogens (primary N) is 1. The summed E-state index contributed by atoms with van der Waals surface area (Å²) in [5.41, 5.74) is 6.43. The van der Waals surface area contributed by atoms with Crippen LogP contribution in [0.4, 0.5) is 0 Å². The summed E-state index contributed by atoms with van der Waals surface area (Å²) in [4.78, 5) is 15.6. The molecule has 3 N–H and O–H groups in total. The number of ether oxygens (including phenoxy) is 2. The van der Waals surface area contributed by atoms with Crippen LogP contribution in [0.2, 0.25) is 0 Å². The Morgan fingerprint density at radius 2 is 2.35 bits per heavy atom. The van der Waals surface area contributed by atoms with E-state index >= 15 is 0 Å². The highest BCUT2D eigenvalue weighted by Gasteiger charge is 2.16. The molecule has 0 spiro atoms. The second-order valence-corrected chi connectivity index (χ2v) is 4.94. The zero-order valence-corrected chi connectivity index (χ0v) is 11.7. The van der Waals surface area contributed by atoms with E-state index in [1.165, 1.54) is 0 Å². The van der Waals surface area contributed by atoms with Crippen molar-refractivity contribution < 1.29 is 14.3 Å². The topological polar surface area (TPSA) is 86.5 Å². The predicted molar refractivity (Wildman–Crippen MR) is 74.2 cm³/mol. The molecule has 6 nitrogen and oxygen atoms in total. The third kappa shape index (κ3) is 4.47. The number of nitrogens with zero attached hydrogens (tertiary/aromatic N) is 1. The second kappa shape index (κ2) is 7.21. The van der Waals surface area contributed by atoms with E-state index in [0.29, 0.717) is 12.4 Å². The van der Waals surface area contributed by atoms with Crippen LogP contribution in [0.15, 0.2) is 18.3 Å². The van der Waals surface area contributed by atoms with Gasteiger partial charge >= 0.3 is 0 Å². The maximum atomic E-state index is 11.4. The first-order chi connectivity index (χ1) is 9.65. The van der Waals surface area contributed by atoms with Gasteiger partial charge in [0, 0.05) is 31.6 Å². The van der Waals surface area contributed by atoms with Crippen LogP contribution >= 0.6 is 0 Å². The van der Waals surface area contributed by atoms with Crippen molar-refractivity contribution in [1.82, 2.24) is 10.3 Å². The minimum Gasteiger partial charge on any atom is -0.474 e. The molecule has 1 atom stereocenters. The summed E-state index contributed by atoms with van der Waals surface area (Å²) in [7, 11) is 0. The van der Waals surface area contributed by atoms with Crippen LogP contribution in [0, 0.1) is 0 Å². The van der Waals surface area contributed by atoms with Crippen molar-refractivity contribution in [3.05, 3.63) is 23.9 Å². The number of pyridine rings is 1. The first kappa shape index (κ1) is 14.7. The number of aromatic nitrogens is 1. The quantitative estimate of drug-likeness (QED) is 0.824. The first-order valence-electron chi connectivity index (χ1n) is 6.88. The number of nitrogens with one attached hydrogen (secondary N) is 1. The highest BCUT2D eigenvalue weighted by Crippen LogP contribution is 2.16. The molecule has 2 rings (SSSR count). The molecule has 1 amide bonds. The van der Waals surface area contributed by atoms with E-state index in [-0.39, 0.29) is 12.0 Å². The third-order valence-electron chi connectivity index (χ3n) is 3.14. The molecule has 0 bridgehead atoms. The fraction of sp³-hybridized carbons (Fsp3) is 0.571. The Bertz CT molecular complexity index is 445. The van der Waals surface area contributed by atoms with E-state index < -0.39 is 6.04 Å². The van der Waals surface area contributed by atoms with E-state index in [1.807, 2.05) is 12.1 Å². The van der Waals surface area contributed by atoms with Gasteiger partial charge in [0.25, 0.3) is 0 Å². The van der Waals surface area contributed by atoms with Crippen molar-refractivity contribution in [3.63, 3.8) is 0 Å². The molecule has 20 heavy (non-hydrogen) atoms. The molecule has 1 fully saturated rings. The number of rotatable bonds is 5. The third-order valence-corrected chi connectivity index (χ3v) is 3.14. The summed E-state index contributed by atoms with van der Waals surface area (Å²) in [5.74, 6) is 0.415. The van der Waals surface area contributed by atoms with Crippen molar-refractivity contribution >= 4 is 5.91 Å². The number of amides is 1. The molecular formula is C14H21N3O3. The Labute approximate surface area is 118 Å². The smallest absolute Gasteiger partial charge is 0.236 e. The molecule has 1 aromatic heterocycles. The van der Waals surface area contributed by atoms with Crippen LogP contribution in [0.25, 0.3) is 0 Å². The molecule has 0 saturated carbocycles. The van der Waals surface area contributed by atoms with Crippen molar-refractivity contribution in [2.24, 2.45) is 5.73 Å². The Hall–Kier alpha value is -1.66.